The molecule has 0 spiro atoms. The third-order valence-electron chi connectivity index (χ3n) is 5.32. The molecule has 0 bridgehead atoms. The number of carbonyl (C=O) groups excluding carboxylic acids is 1. The van der Waals surface area contributed by atoms with Crippen LogP contribution in [0.25, 0.3) is 11.1 Å². The van der Waals surface area contributed by atoms with Crippen LogP contribution in [-0.4, -0.2) is 40.9 Å². The smallest absolute Gasteiger partial charge is 0.320 e. The van der Waals surface area contributed by atoms with E-state index in [0.29, 0.717) is 43.4 Å². The number of anilines is 1. The fraction of sp³-hybridized carbons (Fsp3) is 0.421. The fourth-order valence-corrected chi connectivity index (χ4v) is 4.09. The summed E-state index contributed by atoms with van der Waals surface area (Å²) in [7, 11) is 0. The van der Waals surface area contributed by atoms with Gasteiger partial charge in [-0.3, -0.25) is 9.88 Å². The highest BCUT2D eigenvalue weighted by Gasteiger charge is 2.33. The van der Waals surface area contributed by atoms with E-state index in [1.54, 1.807) is 18.6 Å². The van der Waals surface area contributed by atoms with Gasteiger partial charge >= 0.3 is 6.03 Å². The van der Waals surface area contributed by atoms with Gasteiger partial charge in [0.1, 0.15) is 5.82 Å². The van der Waals surface area contributed by atoms with Crippen molar-refractivity contribution in [2.24, 2.45) is 5.73 Å². The van der Waals surface area contributed by atoms with Crippen LogP contribution in [0.2, 0.25) is 5.02 Å². The predicted molar refractivity (Wildman–Crippen MR) is 102 cm³/mol. The molecule has 1 saturated heterocycles. The summed E-state index contributed by atoms with van der Waals surface area (Å²) in [5.74, 6) is 0.523. The number of hydrogen-bond donors (Lipinski definition) is 2. The van der Waals surface area contributed by atoms with Crippen molar-refractivity contribution < 1.29 is 14.6 Å². The Bertz CT molecular complexity index is 883. The molecule has 8 heteroatoms. The molecule has 2 amide bonds. The lowest BCUT2D eigenvalue weighted by Crippen LogP contribution is -2.40. The number of aliphatic hydroxyl groups is 1. The van der Waals surface area contributed by atoms with Gasteiger partial charge in [0.25, 0.3) is 0 Å². The van der Waals surface area contributed by atoms with E-state index in [2.05, 4.69) is 9.97 Å². The Labute approximate surface area is 162 Å². The minimum absolute atomic E-state index is 0.519. The maximum atomic E-state index is 11.7. The topological polar surface area (TPSA) is 102 Å². The summed E-state index contributed by atoms with van der Waals surface area (Å²) in [6, 6.07) is 1.38. The Morgan fingerprint density at radius 2 is 2.07 bits per heavy atom. The van der Waals surface area contributed by atoms with E-state index in [9.17, 15) is 9.90 Å². The molecule has 0 radical (unpaired) electrons. The molecule has 4 heterocycles. The Morgan fingerprint density at radius 3 is 2.81 bits per heavy atom. The summed E-state index contributed by atoms with van der Waals surface area (Å²) < 4.78 is 5.36. The zero-order valence-electron chi connectivity index (χ0n) is 14.8. The maximum Gasteiger partial charge on any atom is 0.320 e. The molecule has 2 aliphatic rings. The van der Waals surface area contributed by atoms with Gasteiger partial charge in [-0.2, -0.15) is 0 Å². The van der Waals surface area contributed by atoms with Gasteiger partial charge in [-0.25, -0.2) is 9.78 Å². The van der Waals surface area contributed by atoms with Crippen molar-refractivity contribution in [3.8, 4) is 11.1 Å². The molecule has 142 valence electrons. The number of amides is 2. The summed E-state index contributed by atoms with van der Waals surface area (Å²) >= 11 is 6.67. The first-order valence-corrected chi connectivity index (χ1v) is 9.38. The second-order valence-electron chi connectivity index (χ2n) is 6.99. The highest BCUT2D eigenvalue weighted by atomic mass is 35.5. The molecule has 27 heavy (non-hydrogen) atoms. The van der Waals surface area contributed by atoms with Gasteiger partial charge in [-0.15, -0.1) is 0 Å². The number of hydrogen-bond acceptors (Lipinski definition) is 5. The average molecular weight is 389 g/mol. The van der Waals surface area contributed by atoms with E-state index in [0.717, 1.165) is 35.1 Å². The van der Waals surface area contributed by atoms with E-state index in [1.807, 2.05) is 6.07 Å². The minimum Gasteiger partial charge on any atom is -0.385 e. The molecule has 7 nitrogen and oxygen atoms in total. The van der Waals surface area contributed by atoms with Crippen molar-refractivity contribution in [1.82, 2.24) is 9.97 Å². The lowest BCUT2D eigenvalue weighted by molar-refractivity contribution is -0.0680. The fourth-order valence-electron chi connectivity index (χ4n) is 3.75. The number of rotatable bonds is 2. The quantitative estimate of drug-likeness (QED) is 0.823. The molecule has 2 aromatic heterocycles. The van der Waals surface area contributed by atoms with Crippen LogP contribution in [0.1, 0.15) is 30.4 Å². The molecule has 0 aliphatic carbocycles. The van der Waals surface area contributed by atoms with Crippen molar-refractivity contribution in [1.29, 1.82) is 0 Å². The first-order chi connectivity index (χ1) is 13.0. The maximum absolute atomic E-state index is 11.7. The van der Waals surface area contributed by atoms with Gasteiger partial charge in [-0.1, -0.05) is 11.6 Å². The molecule has 2 aromatic rings. The van der Waals surface area contributed by atoms with Crippen LogP contribution in [0.5, 0.6) is 0 Å². The third kappa shape index (κ3) is 3.26. The monoisotopic (exact) mass is 388 g/mol. The number of pyridine rings is 2. The van der Waals surface area contributed by atoms with Crippen molar-refractivity contribution in [3.63, 3.8) is 0 Å². The van der Waals surface area contributed by atoms with E-state index >= 15 is 0 Å². The number of ether oxygens (including phenoxy) is 1. The normalized spacial score (nSPS) is 18.8. The van der Waals surface area contributed by atoms with Gasteiger partial charge in [0.2, 0.25) is 0 Å². The van der Waals surface area contributed by atoms with Crippen LogP contribution in [0.4, 0.5) is 10.6 Å². The second kappa shape index (κ2) is 7.07. The van der Waals surface area contributed by atoms with Gasteiger partial charge in [-0.05, 0) is 18.9 Å². The summed E-state index contributed by atoms with van der Waals surface area (Å²) in [5.41, 5.74) is 7.58. The van der Waals surface area contributed by atoms with E-state index in [4.69, 9.17) is 22.1 Å². The number of nitrogens with two attached hydrogens (primary N) is 1. The van der Waals surface area contributed by atoms with E-state index in [-0.39, 0.29) is 0 Å². The number of aromatic nitrogens is 2. The van der Waals surface area contributed by atoms with Crippen molar-refractivity contribution in [2.75, 3.05) is 24.7 Å². The lowest BCUT2D eigenvalue weighted by atomic mass is 9.86. The molecule has 0 atom stereocenters. The SMILES string of the molecule is NC(=O)N1CCCc2c1ncc(-c1cncc(C3(O)CCOCC3)c1)c2Cl. The van der Waals surface area contributed by atoms with Crippen LogP contribution < -0.4 is 10.6 Å². The Hall–Kier alpha value is -2.22. The van der Waals surface area contributed by atoms with E-state index in [1.165, 1.54) is 4.90 Å². The Morgan fingerprint density at radius 1 is 1.30 bits per heavy atom. The molecular formula is C19H21ClN4O3. The van der Waals surface area contributed by atoms with Crippen molar-refractivity contribution in [2.45, 2.75) is 31.3 Å². The molecule has 0 unspecified atom stereocenters. The first kappa shape index (κ1) is 18.2. The molecule has 3 N–H and O–H groups in total. The summed E-state index contributed by atoms with van der Waals surface area (Å²) in [6.07, 6.45) is 7.59. The highest BCUT2D eigenvalue weighted by molar-refractivity contribution is 6.34. The van der Waals surface area contributed by atoms with Crippen LogP contribution in [0.15, 0.2) is 24.7 Å². The zero-order chi connectivity index (χ0) is 19.0. The van der Waals surface area contributed by atoms with Crippen LogP contribution in [-0.2, 0) is 16.8 Å². The number of halogens is 1. The Kier molecular flexibility index (Phi) is 4.75. The molecular weight excluding hydrogens is 368 g/mol. The zero-order valence-corrected chi connectivity index (χ0v) is 15.6. The average Bonchev–Trinajstić information content (AvgIpc) is 2.68. The van der Waals surface area contributed by atoms with Gasteiger partial charge < -0.3 is 15.6 Å². The molecule has 0 saturated carbocycles. The van der Waals surface area contributed by atoms with E-state index < -0.39 is 11.6 Å². The number of fused-ring (bicyclic) bond motifs is 1. The number of primary amides is 1. The lowest BCUT2D eigenvalue weighted by Gasteiger charge is -2.32. The van der Waals surface area contributed by atoms with Gasteiger partial charge in [0.15, 0.2) is 0 Å². The molecule has 0 aromatic carbocycles. The Balaban J connectivity index is 1.74. The van der Waals surface area contributed by atoms with Crippen LogP contribution >= 0.6 is 11.6 Å². The van der Waals surface area contributed by atoms with Crippen LogP contribution in [0.3, 0.4) is 0 Å². The molecule has 2 aliphatic heterocycles. The second-order valence-corrected chi connectivity index (χ2v) is 7.37. The number of urea groups is 1. The standard InChI is InChI=1S/C19H21ClN4O3/c20-16-14-2-1-5-24(18(21)25)17(14)23-11-15(16)12-8-13(10-22-9-12)19(26)3-6-27-7-4-19/h8-11,26H,1-7H2,(H2,21,25). The molecule has 4 rings (SSSR count). The molecule has 1 fully saturated rings. The predicted octanol–water partition coefficient (Wildman–Crippen LogP) is 2.63. The van der Waals surface area contributed by atoms with Gasteiger partial charge in [0, 0.05) is 73.4 Å². The van der Waals surface area contributed by atoms with Crippen molar-refractivity contribution >= 4 is 23.4 Å². The first-order valence-electron chi connectivity index (χ1n) is 9.00. The number of nitrogens with zero attached hydrogens (tertiary/aromatic N) is 3. The van der Waals surface area contributed by atoms with Crippen LogP contribution in [0, 0.1) is 0 Å². The van der Waals surface area contributed by atoms with Crippen molar-refractivity contribution in [3.05, 3.63) is 40.8 Å². The summed E-state index contributed by atoms with van der Waals surface area (Å²) in [4.78, 5) is 21.9. The summed E-state index contributed by atoms with van der Waals surface area (Å²) in [6.45, 7) is 1.58. The largest absolute Gasteiger partial charge is 0.385 e. The number of carbonyl (C=O) groups is 1. The minimum atomic E-state index is -0.946. The third-order valence-corrected chi connectivity index (χ3v) is 5.76. The summed E-state index contributed by atoms with van der Waals surface area (Å²) in [5, 5.41) is 11.5. The van der Waals surface area contributed by atoms with Gasteiger partial charge in [0.05, 0.1) is 10.6 Å². The highest BCUT2D eigenvalue weighted by Crippen LogP contribution is 2.39.